The number of hydrogen-bond acceptors (Lipinski definition) is 5. The number of rotatable bonds is 8. The maximum Gasteiger partial charge on any atom is 0.315 e. The van der Waals surface area contributed by atoms with Crippen LogP contribution in [-0.2, 0) is 4.79 Å². The minimum Gasteiger partial charge on any atom is -0.493 e. The number of hydrogen-bond donors (Lipinski definition) is 2. The molecule has 0 bridgehead atoms. The molecule has 1 heterocycles. The van der Waals surface area contributed by atoms with Crippen LogP contribution in [0, 0.1) is 0 Å². The van der Waals surface area contributed by atoms with Gasteiger partial charge in [-0.05, 0) is 39.2 Å². The Labute approximate surface area is 154 Å². The van der Waals surface area contributed by atoms with Gasteiger partial charge in [0.2, 0.25) is 5.91 Å². The number of amides is 3. The minimum atomic E-state index is -0.240. The highest BCUT2D eigenvalue weighted by molar-refractivity contribution is 5.97. The smallest absolute Gasteiger partial charge is 0.315 e. The van der Waals surface area contributed by atoms with Crippen molar-refractivity contribution in [2.45, 2.75) is 18.9 Å². The molecule has 1 aromatic carbocycles. The molecule has 144 valence electrons. The van der Waals surface area contributed by atoms with Crippen LogP contribution in [0.1, 0.15) is 12.8 Å². The average Bonchev–Trinajstić information content (AvgIpc) is 2.98. The zero-order valence-electron chi connectivity index (χ0n) is 15.9. The normalized spacial score (nSPS) is 16.7. The van der Waals surface area contributed by atoms with Gasteiger partial charge < -0.3 is 29.9 Å². The lowest BCUT2D eigenvalue weighted by Gasteiger charge is -2.19. The van der Waals surface area contributed by atoms with Gasteiger partial charge in [-0.1, -0.05) is 0 Å². The molecule has 1 saturated heterocycles. The third-order valence-electron chi connectivity index (χ3n) is 4.21. The first-order valence-corrected chi connectivity index (χ1v) is 8.66. The summed E-state index contributed by atoms with van der Waals surface area (Å²) in [6.07, 6.45) is 1.15. The molecule has 0 aliphatic carbocycles. The molecule has 1 fully saturated rings. The molecule has 26 heavy (non-hydrogen) atoms. The predicted molar refractivity (Wildman–Crippen MR) is 100 cm³/mol. The van der Waals surface area contributed by atoms with Crippen molar-refractivity contribution >= 4 is 17.6 Å². The largest absolute Gasteiger partial charge is 0.493 e. The van der Waals surface area contributed by atoms with Gasteiger partial charge in [-0.2, -0.15) is 0 Å². The van der Waals surface area contributed by atoms with Crippen LogP contribution in [0.25, 0.3) is 0 Å². The van der Waals surface area contributed by atoms with E-state index in [0.29, 0.717) is 24.6 Å². The van der Waals surface area contributed by atoms with Gasteiger partial charge in [0, 0.05) is 31.3 Å². The van der Waals surface area contributed by atoms with Crippen molar-refractivity contribution in [3.8, 4) is 11.5 Å². The van der Waals surface area contributed by atoms with Gasteiger partial charge in [0.25, 0.3) is 0 Å². The van der Waals surface area contributed by atoms with Crippen molar-refractivity contribution in [1.82, 2.24) is 15.5 Å². The monoisotopic (exact) mass is 364 g/mol. The zero-order chi connectivity index (χ0) is 19.1. The molecule has 1 atom stereocenters. The SMILES string of the molecule is COc1ccc(N2C[C@H](NC(=O)NCCCN(C)C)CC2=O)cc1OC. The highest BCUT2D eigenvalue weighted by atomic mass is 16.5. The lowest BCUT2D eigenvalue weighted by atomic mass is 10.2. The van der Waals surface area contributed by atoms with Crippen LogP contribution in [0.4, 0.5) is 10.5 Å². The second kappa shape index (κ2) is 9.28. The summed E-state index contributed by atoms with van der Waals surface area (Å²) in [4.78, 5) is 28.0. The quantitative estimate of drug-likeness (QED) is 0.674. The Morgan fingerprint density at radius 1 is 1.27 bits per heavy atom. The first-order valence-electron chi connectivity index (χ1n) is 8.66. The van der Waals surface area contributed by atoms with E-state index in [4.69, 9.17) is 9.47 Å². The lowest BCUT2D eigenvalue weighted by molar-refractivity contribution is -0.117. The average molecular weight is 364 g/mol. The summed E-state index contributed by atoms with van der Waals surface area (Å²) in [6.45, 7) is 1.94. The van der Waals surface area contributed by atoms with E-state index in [2.05, 4.69) is 15.5 Å². The van der Waals surface area contributed by atoms with E-state index in [1.54, 1.807) is 31.3 Å². The molecule has 1 aliphatic heterocycles. The number of anilines is 1. The third kappa shape index (κ3) is 5.26. The van der Waals surface area contributed by atoms with Crippen molar-refractivity contribution < 1.29 is 19.1 Å². The van der Waals surface area contributed by atoms with Crippen molar-refractivity contribution in [2.24, 2.45) is 0 Å². The number of urea groups is 1. The molecule has 2 N–H and O–H groups in total. The first-order chi connectivity index (χ1) is 12.4. The standard InChI is InChI=1S/C18H28N4O4/c1-21(2)9-5-8-19-18(24)20-13-10-17(23)22(12-13)14-6-7-15(25-3)16(11-14)26-4/h6-7,11,13H,5,8-10,12H2,1-4H3,(H2,19,20,24)/t13-/m1/s1. The van der Waals surface area contributed by atoms with Crippen molar-refractivity contribution in [1.29, 1.82) is 0 Å². The molecule has 1 aromatic rings. The van der Waals surface area contributed by atoms with Gasteiger partial charge in [0.1, 0.15) is 0 Å². The van der Waals surface area contributed by atoms with Crippen LogP contribution >= 0.6 is 0 Å². The van der Waals surface area contributed by atoms with E-state index in [0.717, 1.165) is 18.7 Å². The van der Waals surface area contributed by atoms with Gasteiger partial charge in [-0.25, -0.2) is 4.79 Å². The molecule has 8 nitrogen and oxygen atoms in total. The number of carbonyl (C=O) groups is 2. The topological polar surface area (TPSA) is 83.1 Å². The molecular formula is C18H28N4O4. The van der Waals surface area contributed by atoms with Gasteiger partial charge in [-0.15, -0.1) is 0 Å². The fraction of sp³-hybridized carbons (Fsp3) is 0.556. The predicted octanol–water partition coefficient (Wildman–Crippen LogP) is 1.06. The Morgan fingerprint density at radius 2 is 2.00 bits per heavy atom. The van der Waals surface area contributed by atoms with Crippen LogP contribution in [0.3, 0.4) is 0 Å². The Hall–Kier alpha value is -2.48. The number of ether oxygens (including phenoxy) is 2. The molecule has 1 aliphatic rings. The summed E-state index contributed by atoms with van der Waals surface area (Å²) in [6, 6.07) is 4.88. The number of methoxy groups -OCH3 is 2. The molecule has 3 amide bonds. The fourth-order valence-electron chi connectivity index (χ4n) is 2.88. The first kappa shape index (κ1) is 19.8. The van der Waals surface area contributed by atoms with Crippen molar-refractivity contribution in [2.75, 3.05) is 52.8 Å². The molecule has 0 radical (unpaired) electrons. The molecular weight excluding hydrogens is 336 g/mol. The van der Waals surface area contributed by atoms with Crippen LogP contribution in [0.5, 0.6) is 11.5 Å². The van der Waals surface area contributed by atoms with Crippen molar-refractivity contribution in [3.63, 3.8) is 0 Å². The summed E-state index contributed by atoms with van der Waals surface area (Å²) in [5.74, 6) is 1.14. The maximum absolute atomic E-state index is 12.3. The molecule has 0 unspecified atom stereocenters. The summed E-state index contributed by atoms with van der Waals surface area (Å²) in [5, 5.41) is 5.69. The van der Waals surface area contributed by atoms with Crippen molar-refractivity contribution in [3.05, 3.63) is 18.2 Å². The number of nitrogens with zero attached hydrogens (tertiary/aromatic N) is 2. The Morgan fingerprint density at radius 3 is 2.65 bits per heavy atom. The van der Waals surface area contributed by atoms with E-state index in [9.17, 15) is 9.59 Å². The Bertz CT molecular complexity index is 636. The second-order valence-corrected chi connectivity index (χ2v) is 6.50. The third-order valence-corrected chi connectivity index (χ3v) is 4.21. The molecule has 2 rings (SSSR count). The minimum absolute atomic E-state index is 0.0323. The van der Waals surface area contributed by atoms with E-state index in [1.165, 1.54) is 0 Å². The van der Waals surface area contributed by atoms with Crippen LogP contribution in [-0.4, -0.2) is 70.8 Å². The van der Waals surface area contributed by atoms with Gasteiger partial charge in [0.05, 0.1) is 20.3 Å². The summed E-state index contributed by atoms with van der Waals surface area (Å²) < 4.78 is 10.5. The van der Waals surface area contributed by atoms with E-state index in [-0.39, 0.29) is 24.4 Å². The molecule has 8 heteroatoms. The zero-order valence-corrected chi connectivity index (χ0v) is 15.9. The van der Waals surface area contributed by atoms with Gasteiger partial charge >= 0.3 is 6.03 Å². The van der Waals surface area contributed by atoms with Crippen LogP contribution < -0.4 is 25.0 Å². The molecule has 0 saturated carbocycles. The Kier molecular flexibility index (Phi) is 7.08. The maximum atomic E-state index is 12.3. The van der Waals surface area contributed by atoms with Crippen LogP contribution in [0.2, 0.25) is 0 Å². The molecule has 0 spiro atoms. The van der Waals surface area contributed by atoms with Gasteiger partial charge in [-0.3, -0.25) is 4.79 Å². The summed E-state index contributed by atoms with van der Waals surface area (Å²) in [7, 11) is 7.11. The highest BCUT2D eigenvalue weighted by Crippen LogP contribution is 2.33. The number of carbonyl (C=O) groups excluding carboxylic acids is 2. The Balaban J connectivity index is 1.89. The van der Waals surface area contributed by atoms with Crippen LogP contribution in [0.15, 0.2) is 18.2 Å². The fourth-order valence-corrected chi connectivity index (χ4v) is 2.88. The molecule has 0 aromatic heterocycles. The number of nitrogens with one attached hydrogen (secondary N) is 2. The summed E-state index contributed by atoms with van der Waals surface area (Å²) in [5.41, 5.74) is 0.725. The van der Waals surface area contributed by atoms with E-state index < -0.39 is 0 Å². The van der Waals surface area contributed by atoms with E-state index in [1.807, 2.05) is 20.2 Å². The second-order valence-electron chi connectivity index (χ2n) is 6.50. The lowest BCUT2D eigenvalue weighted by Crippen LogP contribution is -2.43. The summed E-state index contributed by atoms with van der Waals surface area (Å²) >= 11 is 0. The van der Waals surface area contributed by atoms with Gasteiger partial charge in [0.15, 0.2) is 11.5 Å². The highest BCUT2D eigenvalue weighted by Gasteiger charge is 2.32. The number of benzene rings is 1. The van der Waals surface area contributed by atoms with E-state index >= 15 is 0 Å².